The summed E-state index contributed by atoms with van der Waals surface area (Å²) in [7, 11) is 1.61. The molecule has 2 aromatic heterocycles. The maximum absolute atomic E-state index is 12.5. The summed E-state index contributed by atoms with van der Waals surface area (Å²) in [6.07, 6.45) is 1.80. The van der Waals surface area contributed by atoms with Crippen LogP contribution in [0.1, 0.15) is 5.56 Å². The largest absolute Gasteiger partial charge is 0.497 e. The first-order valence-electron chi connectivity index (χ1n) is 10.4. The number of carbonyl (C=O) groups excluding carboxylic acids is 1. The molecule has 3 aromatic rings. The van der Waals surface area contributed by atoms with Crippen molar-refractivity contribution < 1.29 is 14.3 Å². The molecule has 1 fully saturated rings. The zero-order valence-corrected chi connectivity index (χ0v) is 18.2. The Morgan fingerprint density at radius 2 is 1.66 bits per heavy atom. The number of methoxy groups -OCH3 is 1. The molecular weight excluding hydrogens is 408 g/mol. The number of benzene rings is 1. The average molecular weight is 435 g/mol. The van der Waals surface area contributed by atoms with Gasteiger partial charge in [0.15, 0.2) is 18.2 Å². The van der Waals surface area contributed by atoms with Crippen LogP contribution in [0.15, 0.2) is 54.7 Å². The Balaban J connectivity index is 1.24. The third-order valence-corrected chi connectivity index (χ3v) is 5.20. The van der Waals surface area contributed by atoms with Gasteiger partial charge in [-0.25, -0.2) is 4.98 Å². The number of nitrogens with zero attached hydrogens (tertiary/aromatic N) is 5. The highest BCUT2D eigenvalue weighted by Gasteiger charge is 2.22. The lowest BCUT2D eigenvalue weighted by Gasteiger charge is -2.35. The number of anilines is 3. The van der Waals surface area contributed by atoms with Crippen molar-refractivity contribution >= 4 is 23.4 Å². The molecule has 9 nitrogen and oxygen atoms in total. The Hall–Kier alpha value is -3.88. The van der Waals surface area contributed by atoms with E-state index in [0.29, 0.717) is 37.7 Å². The molecule has 1 aliphatic rings. The number of pyridine rings is 1. The zero-order valence-electron chi connectivity index (χ0n) is 18.2. The van der Waals surface area contributed by atoms with E-state index in [1.165, 1.54) is 0 Å². The molecule has 0 spiro atoms. The van der Waals surface area contributed by atoms with Gasteiger partial charge in [0.25, 0.3) is 5.91 Å². The topological polar surface area (TPSA) is 92.7 Å². The normalized spacial score (nSPS) is 13.6. The van der Waals surface area contributed by atoms with E-state index >= 15 is 0 Å². The van der Waals surface area contributed by atoms with Crippen LogP contribution in [0.3, 0.4) is 0 Å². The second kappa shape index (κ2) is 9.95. The van der Waals surface area contributed by atoms with Crippen molar-refractivity contribution in [3.8, 4) is 11.5 Å². The first-order chi connectivity index (χ1) is 15.6. The summed E-state index contributed by atoms with van der Waals surface area (Å²) in [5.74, 6) is 3.50. The number of piperazine rings is 1. The molecule has 166 valence electrons. The van der Waals surface area contributed by atoms with Crippen molar-refractivity contribution in [1.82, 2.24) is 20.1 Å². The molecule has 1 amide bonds. The number of ether oxygens (including phenoxy) is 2. The summed E-state index contributed by atoms with van der Waals surface area (Å²) in [5.41, 5.74) is 1.10. The number of aryl methyl sites for hydroxylation is 1. The number of amides is 1. The first kappa shape index (κ1) is 21.4. The van der Waals surface area contributed by atoms with Gasteiger partial charge in [-0.15, -0.1) is 10.2 Å². The van der Waals surface area contributed by atoms with Gasteiger partial charge in [0.2, 0.25) is 0 Å². The molecule has 0 atom stereocenters. The van der Waals surface area contributed by atoms with Crippen LogP contribution in [0.2, 0.25) is 0 Å². The molecule has 0 bridgehead atoms. The number of hydrogen-bond acceptors (Lipinski definition) is 8. The summed E-state index contributed by atoms with van der Waals surface area (Å²) >= 11 is 0. The summed E-state index contributed by atoms with van der Waals surface area (Å²) in [4.78, 5) is 20.7. The first-order valence-corrected chi connectivity index (χ1v) is 10.4. The summed E-state index contributed by atoms with van der Waals surface area (Å²) in [5, 5.41) is 11.7. The number of nitrogens with one attached hydrogen (secondary N) is 1. The maximum atomic E-state index is 12.5. The number of aromatic nitrogens is 3. The molecule has 0 saturated carbocycles. The molecule has 1 aromatic carbocycles. The van der Waals surface area contributed by atoms with Crippen molar-refractivity contribution in [2.75, 3.05) is 50.1 Å². The smallest absolute Gasteiger partial charge is 0.260 e. The van der Waals surface area contributed by atoms with E-state index in [1.54, 1.807) is 37.6 Å². The Labute approximate surface area is 187 Å². The van der Waals surface area contributed by atoms with Gasteiger partial charge in [0.1, 0.15) is 17.3 Å². The van der Waals surface area contributed by atoms with Crippen LogP contribution in [0, 0.1) is 6.92 Å². The molecule has 1 N–H and O–H groups in total. The third kappa shape index (κ3) is 5.42. The van der Waals surface area contributed by atoms with Crippen molar-refractivity contribution in [1.29, 1.82) is 0 Å². The van der Waals surface area contributed by atoms with Crippen LogP contribution in [0.5, 0.6) is 11.5 Å². The molecule has 9 heteroatoms. The molecular formula is C23H26N6O3. The van der Waals surface area contributed by atoms with Gasteiger partial charge >= 0.3 is 0 Å². The highest BCUT2D eigenvalue weighted by atomic mass is 16.5. The van der Waals surface area contributed by atoms with E-state index in [-0.39, 0.29) is 12.5 Å². The maximum Gasteiger partial charge on any atom is 0.260 e. The minimum Gasteiger partial charge on any atom is -0.497 e. The van der Waals surface area contributed by atoms with Crippen LogP contribution in [-0.4, -0.2) is 65.9 Å². The van der Waals surface area contributed by atoms with E-state index < -0.39 is 0 Å². The van der Waals surface area contributed by atoms with Gasteiger partial charge in [0, 0.05) is 32.4 Å². The second-order valence-corrected chi connectivity index (χ2v) is 7.45. The lowest BCUT2D eigenvalue weighted by molar-refractivity contribution is -0.133. The lowest BCUT2D eigenvalue weighted by Crippen LogP contribution is -2.50. The molecule has 4 rings (SSSR count). The molecule has 1 saturated heterocycles. The van der Waals surface area contributed by atoms with Crippen molar-refractivity contribution in [2.45, 2.75) is 6.92 Å². The second-order valence-electron chi connectivity index (χ2n) is 7.45. The average Bonchev–Trinajstić information content (AvgIpc) is 2.85. The highest BCUT2D eigenvalue weighted by molar-refractivity contribution is 5.78. The van der Waals surface area contributed by atoms with Crippen molar-refractivity contribution in [3.63, 3.8) is 0 Å². The minimum absolute atomic E-state index is 0.0134. The van der Waals surface area contributed by atoms with Gasteiger partial charge in [0.05, 0.1) is 7.11 Å². The van der Waals surface area contributed by atoms with E-state index in [9.17, 15) is 4.79 Å². The summed E-state index contributed by atoms with van der Waals surface area (Å²) in [6, 6.07) is 14.9. The van der Waals surface area contributed by atoms with Gasteiger partial charge in [-0.05, 0) is 55.0 Å². The highest BCUT2D eigenvalue weighted by Crippen LogP contribution is 2.18. The number of carbonyl (C=O) groups is 1. The Morgan fingerprint density at radius 1 is 0.938 bits per heavy atom. The SMILES string of the molecule is COc1ccc(OCC(=O)N2CCN(c3ccc(Nc4ccc(C)cn4)nn3)CC2)cc1. The van der Waals surface area contributed by atoms with Crippen molar-refractivity contribution in [2.24, 2.45) is 0 Å². The lowest BCUT2D eigenvalue weighted by atomic mass is 10.3. The third-order valence-electron chi connectivity index (χ3n) is 5.20. The van der Waals surface area contributed by atoms with Gasteiger partial charge < -0.3 is 24.6 Å². The van der Waals surface area contributed by atoms with Crippen LogP contribution >= 0.6 is 0 Å². The standard InChI is InChI=1S/C23H26N6O3/c1-17-3-8-20(24-15-17)25-21-9-10-22(27-26-21)28-11-13-29(14-12-28)23(30)16-32-19-6-4-18(31-2)5-7-19/h3-10,15H,11-14,16H2,1-2H3,(H,24,25,26). The van der Waals surface area contributed by atoms with Crippen molar-refractivity contribution in [3.05, 3.63) is 60.3 Å². The van der Waals surface area contributed by atoms with Crippen LogP contribution in [-0.2, 0) is 4.79 Å². The Bertz CT molecular complexity index is 1020. The number of hydrogen-bond donors (Lipinski definition) is 1. The predicted molar refractivity (Wildman–Crippen MR) is 122 cm³/mol. The van der Waals surface area contributed by atoms with E-state index in [1.807, 2.05) is 36.1 Å². The van der Waals surface area contributed by atoms with Gasteiger partial charge in [-0.1, -0.05) is 6.07 Å². The van der Waals surface area contributed by atoms with Crippen LogP contribution < -0.4 is 19.7 Å². The molecule has 0 radical (unpaired) electrons. The fourth-order valence-electron chi connectivity index (χ4n) is 3.33. The Kier molecular flexibility index (Phi) is 6.64. The molecule has 3 heterocycles. The fourth-order valence-corrected chi connectivity index (χ4v) is 3.33. The summed E-state index contributed by atoms with van der Waals surface area (Å²) in [6.45, 7) is 4.61. The van der Waals surface area contributed by atoms with Crippen LogP contribution in [0.4, 0.5) is 17.5 Å². The molecule has 0 unspecified atom stereocenters. The zero-order chi connectivity index (χ0) is 22.3. The predicted octanol–water partition coefficient (Wildman–Crippen LogP) is 2.66. The summed E-state index contributed by atoms with van der Waals surface area (Å²) < 4.78 is 10.7. The minimum atomic E-state index is -0.0308. The molecule has 1 aliphatic heterocycles. The number of rotatable bonds is 7. The van der Waals surface area contributed by atoms with Crippen LogP contribution in [0.25, 0.3) is 0 Å². The molecule has 0 aliphatic carbocycles. The van der Waals surface area contributed by atoms with E-state index in [4.69, 9.17) is 9.47 Å². The van der Waals surface area contributed by atoms with Gasteiger partial charge in [-0.3, -0.25) is 4.79 Å². The van der Waals surface area contributed by atoms with E-state index in [0.717, 1.165) is 22.9 Å². The monoisotopic (exact) mass is 434 g/mol. The fraction of sp³-hybridized carbons (Fsp3) is 0.304. The van der Waals surface area contributed by atoms with Gasteiger partial charge in [-0.2, -0.15) is 0 Å². The Morgan fingerprint density at radius 3 is 2.28 bits per heavy atom. The molecule has 32 heavy (non-hydrogen) atoms. The van der Waals surface area contributed by atoms with E-state index in [2.05, 4.69) is 25.4 Å². The quantitative estimate of drug-likeness (QED) is 0.607.